The van der Waals surface area contributed by atoms with Crippen molar-refractivity contribution < 1.29 is 9.90 Å². The van der Waals surface area contributed by atoms with Gasteiger partial charge in [0.15, 0.2) is 0 Å². The number of thioether (sulfide) groups is 1. The first kappa shape index (κ1) is 16.5. The number of rotatable bonds is 9. The maximum Gasteiger partial charge on any atom is 0.233 e. The van der Waals surface area contributed by atoms with Crippen molar-refractivity contribution in [3.05, 3.63) is 61.2 Å². The Morgan fingerprint density at radius 3 is 2.40 bits per heavy atom. The van der Waals surface area contributed by atoms with E-state index in [1.165, 1.54) is 11.8 Å². The van der Waals surface area contributed by atoms with Crippen LogP contribution < -0.4 is 0 Å². The van der Waals surface area contributed by atoms with Crippen LogP contribution in [0.1, 0.15) is 11.7 Å². The van der Waals surface area contributed by atoms with Crippen LogP contribution in [0.15, 0.2) is 55.6 Å². The van der Waals surface area contributed by atoms with Gasteiger partial charge in [0.25, 0.3) is 0 Å². The smallest absolute Gasteiger partial charge is 0.233 e. The summed E-state index contributed by atoms with van der Waals surface area (Å²) in [5, 5.41) is 10.0. The quantitative estimate of drug-likeness (QED) is 0.711. The molecular weight excluding hydrogens is 270 g/mol. The van der Waals surface area contributed by atoms with Crippen LogP contribution in [0.3, 0.4) is 0 Å². The van der Waals surface area contributed by atoms with Crippen LogP contribution in [0.25, 0.3) is 0 Å². The second kappa shape index (κ2) is 9.39. The van der Waals surface area contributed by atoms with Gasteiger partial charge in [-0.25, -0.2) is 0 Å². The topological polar surface area (TPSA) is 40.5 Å². The van der Waals surface area contributed by atoms with E-state index in [1.54, 1.807) is 17.1 Å². The highest BCUT2D eigenvalue weighted by Gasteiger charge is 2.12. The molecule has 1 aromatic carbocycles. The first-order valence-corrected chi connectivity index (χ1v) is 7.64. The number of aliphatic hydroxyl groups is 1. The number of hydrogen-bond donors (Lipinski definition) is 1. The number of hydrogen-bond acceptors (Lipinski definition) is 3. The fourth-order valence-electron chi connectivity index (χ4n) is 1.71. The average Bonchev–Trinajstić information content (AvgIpc) is 2.47. The summed E-state index contributed by atoms with van der Waals surface area (Å²) in [6.45, 7) is 8.32. The molecule has 0 aliphatic heterocycles. The van der Waals surface area contributed by atoms with Crippen molar-refractivity contribution in [2.45, 2.75) is 6.10 Å². The molecular formula is C16H21NO2S. The lowest BCUT2D eigenvalue weighted by atomic mass is 10.1. The van der Waals surface area contributed by atoms with Gasteiger partial charge >= 0.3 is 0 Å². The molecule has 1 amide bonds. The van der Waals surface area contributed by atoms with Gasteiger partial charge in [-0.15, -0.1) is 24.9 Å². The summed E-state index contributed by atoms with van der Waals surface area (Å²) >= 11 is 1.43. The first-order valence-electron chi connectivity index (χ1n) is 6.49. The molecule has 1 atom stereocenters. The fraction of sp³-hybridized carbons (Fsp3) is 0.312. The molecule has 1 aromatic rings. The zero-order valence-electron chi connectivity index (χ0n) is 11.6. The molecule has 1 rings (SSSR count). The summed E-state index contributed by atoms with van der Waals surface area (Å²) in [5.74, 6) is 0.896. The second-order valence-electron chi connectivity index (χ2n) is 4.32. The lowest BCUT2D eigenvalue weighted by Crippen LogP contribution is -2.32. The molecule has 0 fully saturated rings. The van der Waals surface area contributed by atoms with Crippen LogP contribution in [0.4, 0.5) is 0 Å². The Labute approximate surface area is 125 Å². The molecule has 108 valence electrons. The molecule has 0 spiro atoms. The summed E-state index contributed by atoms with van der Waals surface area (Å²) in [4.78, 5) is 13.7. The highest BCUT2D eigenvalue weighted by Crippen LogP contribution is 2.18. The Balaban J connectivity index is 2.37. The summed E-state index contributed by atoms with van der Waals surface area (Å²) < 4.78 is 0. The molecule has 1 unspecified atom stereocenters. The van der Waals surface area contributed by atoms with E-state index < -0.39 is 6.10 Å². The van der Waals surface area contributed by atoms with Gasteiger partial charge in [0.2, 0.25) is 5.91 Å². The average molecular weight is 291 g/mol. The van der Waals surface area contributed by atoms with Gasteiger partial charge in [-0.1, -0.05) is 42.5 Å². The molecule has 0 heterocycles. The van der Waals surface area contributed by atoms with Crippen molar-refractivity contribution in [3.63, 3.8) is 0 Å². The van der Waals surface area contributed by atoms with Crippen molar-refractivity contribution >= 4 is 17.7 Å². The minimum Gasteiger partial charge on any atom is -0.388 e. The molecule has 0 saturated carbocycles. The fourth-order valence-corrected chi connectivity index (χ4v) is 2.60. The van der Waals surface area contributed by atoms with Crippen molar-refractivity contribution in [2.75, 3.05) is 24.6 Å². The zero-order valence-corrected chi connectivity index (χ0v) is 12.4. The lowest BCUT2D eigenvalue weighted by molar-refractivity contribution is -0.127. The van der Waals surface area contributed by atoms with Crippen LogP contribution in [0.5, 0.6) is 0 Å². The minimum absolute atomic E-state index is 0.0371. The number of aliphatic hydroxyl groups excluding tert-OH is 1. The van der Waals surface area contributed by atoms with Crippen LogP contribution in [-0.4, -0.2) is 40.5 Å². The predicted octanol–water partition coefficient (Wildman–Crippen LogP) is 2.65. The molecule has 0 aliphatic rings. The van der Waals surface area contributed by atoms with Crippen molar-refractivity contribution in [1.82, 2.24) is 4.90 Å². The van der Waals surface area contributed by atoms with Crippen LogP contribution in [0, 0.1) is 0 Å². The molecule has 1 N–H and O–H groups in total. The third-order valence-electron chi connectivity index (χ3n) is 2.74. The molecule has 4 heteroatoms. The number of carbonyl (C=O) groups is 1. The van der Waals surface area contributed by atoms with E-state index in [-0.39, 0.29) is 5.91 Å². The second-order valence-corrected chi connectivity index (χ2v) is 5.35. The van der Waals surface area contributed by atoms with Gasteiger partial charge in [-0.3, -0.25) is 4.79 Å². The van der Waals surface area contributed by atoms with Crippen molar-refractivity contribution in [3.8, 4) is 0 Å². The van der Waals surface area contributed by atoms with Crippen LogP contribution in [-0.2, 0) is 4.79 Å². The molecule has 0 aromatic heterocycles. The SMILES string of the molecule is C=CCN(CC=C)C(=O)CSCC(O)c1ccccc1. The van der Waals surface area contributed by atoms with Crippen molar-refractivity contribution in [1.29, 1.82) is 0 Å². The lowest BCUT2D eigenvalue weighted by Gasteiger charge is -2.19. The molecule has 20 heavy (non-hydrogen) atoms. The van der Waals surface area contributed by atoms with E-state index in [2.05, 4.69) is 13.2 Å². The van der Waals surface area contributed by atoms with Gasteiger partial charge in [-0.2, -0.15) is 0 Å². The van der Waals surface area contributed by atoms with Gasteiger partial charge in [-0.05, 0) is 5.56 Å². The molecule has 0 radical (unpaired) electrons. The Morgan fingerprint density at radius 2 is 1.85 bits per heavy atom. The van der Waals surface area contributed by atoms with Crippen LogP contribution >= 0.6 is 11.8 Å². The van der Waals surface area contributed by atoms with E-state index in [0.29, 0.717) is 24.6 Å². The number of amides is 1. The number of nitrogens with zero attached hydrogens (tertiary/aromatic N) is 1. The highest BCUT2D eigenvalue weighted by molar-refractivity contribution is 7.99. The van der Waals surface area contributed by atoms with Crippen molar-refractivity contribution in [2.24, 2.45) is 0 Å². The normalized spacial score (nSPS) is 11.7. The summed E-state index contributed by atoms with van der Waals surface area (Å²) in [5.41, 5.74) is 0.876. The molecule has 3 nitrogen and oxygen atoms in total. The number of benzene rings is 1. The van der Waals surface area contributed by atoms with Gasteiger partial charge in [0.1, 0.15) is 0 Å². The van der Waals surface area contributed by atoms with E-state index in [0.717, 1.165) is 5.56 Å². The van der Waals surface area contributed by atoms with E-state index in [4.69, 9.17) is 0 Å². The van der Waals surface area contributed by atoms with Gasteiger partial charge in [0, 0.05) is 18.8 Å². The Hall–Kier alpha value is -1.52. The monoisotopic (exact) mass is 291 g/mol. The molecule has 0 aliphatic carbocycles. The zero-order chi connectivity index (χ0) is 14.8. The summed E-state index contributed by atoms with van der Waals surface area (Å²) in [7, 11) is 0. The standard InChI is InChI=1S/C16H21NO2S/c1-3-10-17(11-4-2)16(19)13-20-12-15(18)14-8-6-5-7-9-14/h3-9,15,18H,1-2,10-13H2. The maximum atomic E-state index is 12.0. The predicted molar refractivity (Wildman–Crippen MR) is 85.7 cm³/mol. The van der Waals surface area contributed by atoms with Crippen LogP contribution in [0.2, 0.25) is 0 Å². The Kier molecular flexibility index (Phi) is 7.77. The van der Waals surface area contributed by atoms with Gasteiger partial charge < -0.3 is 10.0 Å². The summed E-state index contributed by atoms with van der Waals surface area (Å²) in [6.07, 6.45) is 2.86. The first-order chi connectivity index (χ1) is 9.69. The Morgan fingerprint density at radius 1 is 1.25 bits per heavy atom. The van der Waals surface area contributed by atoms with E-state index >= 15 is 0 Å². The minimum atomic E-state index is -0.541. The van der Waals surface area contributed by atoms with E-state index in [1.807, 2.05) is 30.3 Å². The highest BCUT2D eigenvalue weighted by atomic mass is 32.2. The Bertz CT molecular complexity index is 423. The number of carbonyl (C=O) groups excluding carboxylic acids is 1. The maximum absolute atomic E-state index is 12.0. The third kappa shape index (κ3) is 5.63. The summed E-state index contributed by atoms with van der Waals surface area (Å²) in [6, 6.07) is 9.47. The van der Waals surface area contributed by atoms with Gasteiger partial charge in [0.05, 0.1) is 11.9 Å². The third-order valence-corrected chi connectivity index (χ3v) is 3.74. The molecule has 0 bridgehead atoms. The van der Waals surface area contributed by atoms with E-state index in [9.17, 15) is 9.90 Å². The largest absolute Gasteiger partial charge is 0.388 e. The molecule has 0 saturated heterocycles.